The van der Waals surface area contributed by atoms with Crippen molar-refractivity contribution in [3.63, 3.8) is 0 Å². The Hall–Kier alpha value is -0.730. The molecule has 1 aromatic rings. The van der Waals surface area contributed by atoms with E-state index in [1.165, 1.54) is 11.1 Å². The first-order valence-electron chi connectivity index (χ1n) is 4.71. The Morgan fingerprint density at radius 1 is 1.43 bits per heavy atom. The highest BCUT2D eigenvalue weighted by atomic mass is 35.5. The number of ether oxygens (including phenoxy) is 1. The van der Waals surface area contributed by atoms with Crippen molar-refractivity contribution in [2.45, 2.75) is 19.4 Å². The normalized spacial score (nSPS) is 19.4. The summed E-state index contributed by atoms with van der Waals surface area (Å²) in [6.45, 7) is 3.27. The fourth-order valence-corrected chi connectivity index (χ4v) is 1.88. The van der Waals surface area contributed by atoms with Gasteiger partial charge in [-0.3, -0.25) is 0 Å². The Balaban J connectivity index is 0.000000980. The largest absolute Gasteiger partial charge is 0.497 e. The molecule has 0 amide bonds. The zero-order chi connectivity index (χ0) is 9.26. The molecule has 1 aromatic carbocycles. The molecule has 2 nitrogen and oxygen atoms in total. The smallest absolute Gasteiger partial charge is 0.119 e. The standard InChI is InChI=1S/C11H15NO.ClH/c1-8-11-4-3-10(13-2)7-9(11)5-6-12-8;/h3-4,7-8,12H,5-6H2,1-2H3;1H/t8-;/m0./s1. The van der Waals surface area contributed by atoms with Gasteiger partial charge in [-0.25, -0.2) is 0 Å². The van der Waals surface area contributed by atoms with Crippen LogP contribution in [-0.4, -0.2) is 13.7 Å². The fraction of sp³-hybridized carbons (Fsp3) is 0.455. The quantitative estimate of drug-likeness (QED) is 0.773. The second kappa shape index (κ2) is 4.67. The van der Waals surface area contributed by atoms with Gasteiger partial charge in [0.05, 0.1) is 7.11 Å². The van der Waals surface area contributed by atoms with Crippen LogP contribution in [0.25, 0.3) is 0 Å². The molecule has 1 aliphatic rings. The van der Waals surface area contributed by atoms with Crippen molar-refractivity contribution in [3.8, 4) is 5.75 Å². The molecule has 0 fully saturated rings. The van der Waals surface area contributed by atoms with Crippen LogP contribution in [0.4, 0.5) is 0 Å². The molecule has 0 aromatic heterocycles. The molecule has 78 valence electrons. The minimum atomic E-state index is 0. The third-order valence-electron chi connectivity index (χ3n) is 2.66. The summed E-state index contributed by atoms with van der Waals surface area (Å²) in [6, 6.07) is 6.81. The predicted octanol–water partition coefficient (Wildman–Crippen LogP) is 2.32. The van der Waals surface area contributed by atoms with Gasteiger partial charge in [0, 0.05) is 6.04 Å². The zero-order valence-corrected chi connectivity index (χ0v) is 9.36. The first kappa shape index (κ1) is 11.3. The number of nitrogens with one attached hydrogen (secondary N) is 1. The summed E-state index contributed by atoms with van der Waals surface area (Å²) in [6.07, 6.45) is 1.11. The van der Waals surface area contributed by atoms with Crippen LogP contribution in [0, 0.1) is 0 Å². The maximum absolute atomic E-state index is 5.20. The molecule has 0 aliphatic carbocycles. The van der Waals surface area contributed by atoms with Crippen molar-refractivity contribution in [1.82, 2.24) is 5.32 Å². The summed E-state index contributed by atoms with van der Waals surface area (Å²) in [5.74, 6) is 0.966. The van der Waals surface area contributed by atoms with Crippen LogP contribution in [-0.2, 0) is 6.42 Å². The van der Waals surface area contributed by atoms with E-state index in [1.807, 2.05) is 6.07 Å². The molecule has 1 atom stereocenters. The molecule has 1 heterocycles. The molecule has 0 saturated heterocycles. The predicted molar refractivity (Wildman–Crippen MR) is 60.4 cm³/mol. The van der Waals surface area contributed by atoms with Crippen LogP contribution >= 0.6 is 12.4 Å². The van der Waals surface area contributed by atoms with Gasteiger partial charge in [0.1, 0.15) is 5.75 Å². The van der Waals surface area contributed by atoms with Gasteiger partial charge < -0.3 is 10.1 Å². The zero-order valence-electron chi connectivity index (χ0n) is 8.54. The number of rotatable bonds is 1. The summed E-state index contributed by atoms with van der Waals surface area (Å²) in [5, 5.41) is 3.43. The number of benzene rings is 1. The summed E-state index contributed by atoms with van der Waals surface area (Å²) < 4.78 is 5.20. The van der Waals surface area contributed by atoms with E-state index in [4.69, 9.17) is 4.74 Å². The third kappa shape index (κ3) is 2.02. The van der Waals surface area contributed by atoms with E-state index in [9.17, 15) is 0 Å². The molecule has 0 radical (unpaired) electrons. The number of hydrogen-bond donors (Lipinski definition) is 1. The monoisotopic (exact) mass is 213 g/mol. The SMILES string of the molecule is COc1ccc2c(c1)CCN[C@H]2C.Cl. The molecular weight excluding hydrogens is 198 g/mol. The lowest BCUT2D eigenvalue weighted by molar-refractivity contribution is 0.412. The van der Waals surface area contributed by atoms with Crippen molar-refractivity contribution in [2.75, 3.05) is 13.7 Å². The Bertz CT molecular complexity index is 314. The van der Waals surface area contributed by atoms with Crippen LogP contribution in [0.1, 0.15) is 24.1 Å². The van der Waals surface area contributed by atoms with Crippen LogP contribution < -0.4 is 10.1 Å². The molecule has 1 aliphatic heterocycles. The molecule has 2 rings (SSSR count). The van der Waals surface area contributed by atoms with Gasteiger partial charge in [-0.15, -0.1) is 12.4 Å². The maximum atomic E-state index is 5.20. The molecule has 3 heteroatoms. The highest BCUT2D eigenvalue weighted by Crippen LogP contribution is 2.25. The number of halogens is 1. The number of methoxy groups -OCH3 is 1. The van der Waals surface area contributed by atoms with Gasteiger partial charge in [0.15, 0.2) is 0 Å². The van der Waals surface area contributed by atoms with Crippen molar-refractivity contribution >= 4 is 12.4 Å². The van der Waals surface area contributed by atoms with Crippen LogP contribution in [0.5, 0.6) is 5.75 Å². The Morgan fingerprint density at radius 2 is 2.21 bits per heavy atom. The van der Waals surface area contributed by atoms with E-state index < -0.39 is 0 Å². The minimum Gasteiger partial charge on any atom is -0.497 e. The van der Waals surface area contributed by atoms with Crippen molar-refractivity contribution in [2.24, 2.45) is 0 Å². The average molecular weight is 214 g/mol. The topological polar surface area (TPSA) is 21.3 Å². The first-order chi connectivity index (χ1) is 6.31. The molecule has 0 bridgehead atoms. The van der Waals surface area contributed by atoms with E-state index >= 15 is 0 Å². The minimum absolute atomic E-state index is 0. The molecule has 0 unspecified atom stereocenters. The van der Waals surface area contributed by atoms with E-state index in [0.717, 1.165) is 18.7 Å². The van der Waals surface area contributed by atoms with Crippen molar-refractivity contribution in [1.29, 1.82) is 0 Å². The van der Waals surface area contributed by atoms with Gasteiger partial charge in [-0.2, -0.15) is 0 Å². The van der Waals surface area contributed by atoms with E-state index in [-0.39, 0.29) is 12.4 Å². The highest BCUT2D eigenvalue weighted by molar-refractivity contribution is 5.85. The Labute approximate surface area is 91.1 Å². The molecule has 14 heavy (non-hydrogen) atoms. The molecule has 0 spiro atoms. The summed E-state index contributed by atoms with van der Waals surface area (Å²) in [7, 11) is 1.71. The number of hydrogen-bond acceptors (Lipinski definition) is 2. The van der Waals surface area contributed by atoms with Gasteiger partial charge in [-0.1, -0.05) is 6.07 Å². The van der Waals surface area contributed by atoms with E-state index in [1.54, 1.807) is 7.11 Å². The molecular formula is C11H16ClNO. The Kier molecular flexibility index (Phi) is 3.78. The van der Waals surface area contributed by atoms with Crippen LogP contribution in [0.3, 0.4) is 0 Å². The van der Waals surface area contributed by atoms with Crippen molar-refractivity contribution < 1.29 is 4.74 Å². The highest BCUT2D eigenvalue weighted by Gasteiger charge is 2.15. The van der Waals surface area contributed by atoms with E-state index in [0.29, 0.717) is 6.04 Å². The van der Waals surface area contributed by atoms with Gasteiger partial charge in [0.2, 0.25) is 0 Å². The summed E-state index contributed by atoms with van der Waals surface area (Å²) >= 11 is 0. The Morgan fingerprint density at radius 3 is 2.93 bits per heavy atom. The van der Waals surface area contributed by atoms with Gasteiger partial charge >= 0.3 is 0 Å². The second-order valence-electron chi connectivity index (χ2n) is 3.49. The lowest BCUT2D eigenvalue weighted by atomic mass is 9.95. The molecule has 1 N–H and O–H groups in total. The van der Waals surface area contributed by atoms with Crippen LogP contribution in [0.2, 0.25) is 0 Å². The lowest BCUT2D eigenvalue weighted by Gasteiger charge is -2.24. The third-order valence-corrected chi connectivity index (χ3v) is 2.66. The van der Waals surface area contributed by atoms with Gasteiger partial charge in [0.25, 0.3) is 0 Å². The lowest BCUT2D eigenvalue weighted by Crippen LogP contribution is -2.27. The summed E-state index contributed by atoms with van der Waals surface area (Å²) in [5.41, 5.74) is 2.83. The second-order valence-corrected chi connectivity index (χ2v) is 3.49. The van der Waals surface area contributed by atoms with Gasteiger partial charge in [-0.05, 0) is 43.1 Å². The maximum Gasteiger partial charge on any atom is 0.119 e. The number of fused-ring (bicyclic) bond motifs is 1. The molecule has 0 saturated carbocycles. The summed E-state index contributed by atoms with van der Waals surface area (Å²) in [4.78, 5) is 0. The first-order valence-corrected chi connectivity index (χ1v) is 4.71. The van der Waals surface area contributed by atoms with Crippen LogP contribution in [0.15, 0.2) is 18.2 Å². The van der Waals surface area contributed by atoms with Crippen molar-refractivity contribution in [3.05, 3.63) is 29.3 Å². The fourth-order valence-electron chi connectivity index (χ4n) is 1.88. The average Bonchev–Trinajstić information content (AvgIpc) is 2.18. The van der Waals surface area contributed by atoms with E-state index in [2.05, 4.69) is 24.4 Å².